The van der Waals surface area contributed by atoms with E-state index < -0.39 is 0 Å². The van der Waals surface area contributed by atoms with Crippen LogP contribution in [0.2, 0.25) is 0 Å². The number of hydrogen-bond acceptors (Lipinski definition) is 2. The first kappa shape index (κ1) is 12.2. The van der Waals surface area contributed by atoms with E-state index in [1.165, 1.54) is 47.4 Å². The fourth-order valence-electron chi connectivity index (χ4n) is 2.56. The normalized spacial score (nSPS) is 15.8. The van der Waals surface area contributed by atoms with Gasteiger partial charge in [0.25, 0.3) is 0 Å². The molecule has 1 N–H and O–H groups in total. The standard InChI is InChI=1S/C15H22N2/c1-11-9-12(2)15(13(3)10-11)17-16-14-7-5-4-6-8-14/h9-10,17H,4-8H2,1-3H3. The molecule has 2 nitrogen and oxygen atoms in total. The first-order chi connectivity index (χ1) is 8.16. The van der Waals surface area contributed by atoms with E-state index in [1.807, 2.05) is 0 Å². The maximum atomic E-state index is 4.57. The molecule has 1 fully saturated rings. The number of nitrogens with zero attached hydrogens (tertiary/aromatic N) is 1. The van der Waals surface area contributed by atoms with E-state index in [-0.39, 0.29) is 0 Å². The summed E-state index contributed by atoms with van der Waals surface area (Å²) < 4.78 is 0. The van der Waals surface area contributed by atoms with E-state index in [4.69, 9.17) is 0 Å². The zero-order valence-electron chi connectivity index (χ0n) is 11.1. The third-order valence-corrected chi connectivity index (χ3v) is 3.43. The van der Waals surface area contributed by atoms with Crippen LogP contribution in [0.15, 0.2) is 17.2 Å². The van der Waals surface area contributed by atoms with Gasteiger partial charge < -0.3 is 0 Å². The largest absolute Gasteiger partial charge is 0.278 e. The van der Waals surface area contributed by atoms with Crippen molar-refractivity contribution in [1.29, 1.82) is 0 Å². The second-order valence-electron chi connectivity index (χ2n) is 5.12. The summed E-state index contributed by atoms with van der Waals surface area (Å²) in [7, 11) is 0. The highest BCUT2D eigenvalue weighted by atomic mass is 15.3. The first-order valence-electron chi connectivity index (χ1n) is 6.56. The zero-order valence-corrected chi connectivity index (χ0v) is 11.1. The van der Waals surface area contributed by atoms with Crippen LogP contribution < -0.4 is 5.43 Å². The van der Waals surface area contributed by atoms with E-state index in [1.54, 1.807) is 0 Å². The van der Waals surface area contributed by atoms with Gasteiger partial charge in [-0.25, -0.2) is 0 Å². The van der Waals surface area contributed by atoms with Crippen LogP contribution in [0.5, 0.6) is 0 Å². The van der Waals surface area contributed by atoms with Crippen molar-refractivity contribution < 1.29 is 0 Å². The molecule has 0 amide bonds. The van der Waals surface area contributed by atoms with Crippen molar-refractivity contribution in [3.8, 4) is 0 Å². The molecule has 0 atom stereocenters. The van der Waals surface area contributed by atoms with Gasteiger partial charge in [0.2, 0.25) is 0 Å². The molecule has 0 aromatic heterocycles. The van der Waals surface area contributed by atoms with Crippen molar-refractivity contribution >= 4 is 11.4 Å². The van der Waals surface area contributed by atoms with Gasteiger partial charge in [-0.05, 0) is 57.6 Å². The van der Waals surface area contributed by atoms with Crippen LogP contribution in [-0.4, -0.2) is 5.71 Å². The first-order valence-corrected chi connectivity index (χ1v) is 6.56. The molecule has 0 aliphatic heterocycles. The van der Waals surface area contributed by atoms with E-state index in [0.717, 1.165) is 12.8 Å². The van der Waals surface area contributed by atoms with Gasteiger partial charge in [0.05, 0.1) is 5.69 Å². The van der Waals surface area contributed by atoms with Crippen molar-refractivity contribution in [2.24, 2.45) is 5.10 Å². The fraction of sp³-hybridized carbons (Fsp3) is 0.533. The van der Waals surface area contributed by atoms with Gasteiger partial charge in [-0.1, -0.05) is 24.1 Å². The van der Waals surface area contributed by atoms with Gasteiger partial charge in [0.15, 0.2) is 0 Å². The van der Waals surface area contributed by atoms with Gasteiger partial charge in [-0.15, -0.1) is 0 Å². The summed E-state index contributed by atoms with van der Waals surface area (Å²) >= 11 is 0. The Morgan fingerprint density at radius 3 is 2.12 bits per heavy atom. The molecule has 2 heteroatoms. The Kier molecular flexibility index (Phi) is 3.82. The maximum Gasteiger partial charge on any atom is 0.0620 e. The molecule has 1 aliphatic carbocycles. The highest BCUT2D eigenvalue weighted by molar-refractivity contribution is 5.85. The molecule has 0 unspecified atom stereocenters. The molecule has 1 aromatic rings. The number of nitrogens with one attached hydrogen (secondary N) is 1. The van der Waals surface area contributed by atoms with Crippen LogP contribution in [0.1, 0.15) is 48.8 Å². The molecule has 0 radical (unpaired) electrons. The minimum Gasteiger partial charge on any atom is -0.278 e. The molecule has 0 saturated heterocycles. The van der Waals surface area contributed by atoms with Crippen LogP contribution in [0.4, 0.5) is 5.69 Å². The summed E-state index contributed by atoms with van der Waals surface area (Å²) in [6.07, 6.45) is 6.29. The van der Waals surface area contributed by atoms with E-state index >= 15 is 0 Å². The van der Waals surface area contributed by atoms with Gasteiger partial charge >= 0.3 is 0 Å². The average Bonchev–Trinajstić information content (AvgIpc) is 2.29. The minimum atomic E-state index is 1.16. The van der Waals surface area contributed by atoms with E-state index in [0.29, 0.717) is 0 Å². The molecular weight excluding hydrogens is 208 g/mol. The third kappa shape index (κ3) is 3.09. The summed E-state index contributed by atoms with van der Waals surface area (Å²) in [5.74, 6) is 0. The van der Waals surface area contributed by atoms with E-state index in [9.17, 15) is 0 Å². The van der Waals surface area contributed by atoms with Crippen molar-refractivity contribution in [2.75, 3.05) is 5.43 Å². The lowest BCUT2D eigenvalue weighted by atomic mass is 9.99. The molecule has 0 heterocycles. The second-order valence-corrected chi connectivity index (χ2v) is 5.12. The molecule has 1 saturated carbocycles. The molecule has 1 aliphatic rings. The topological polar surface area (TPSA) is 24.4 Å². The highest BCUT2D eigenvalue weighted by Gasteiger charge is 2.07. The van der Waals surface area contributed by atoms with Crippen LogP contribution in [0, 0.1) is 20.8 Å². The minimum absolute atomic E-state index is 1.16. The van der Waals surface area contributed by atoms with Crippen molar-refractivity contribution in [3.63, 3.8) is 0 Å². The monoisotopic (exact) mass is 230 g/mol. The Morgan fingerprint density at radius 1 is 0.941 bits per heavy atom. The summed E-state index contributed by atoms with van der Waals surface area (Å²) in [5.41, 5.74) is 9.65. The Balaban J connectivity index is 2.13. The maximum absolute atomic E-state index is 4.57. The Bertz CT molecular complexity index is 402. The molecule has 17 heavy (non-hydrogen) atoms. The second kappa shape index (κ2) is 5.35. The van der Waals surface area contributed by atoms with Crippen molar-refractivity contribution in [2.45, 2.75) is 52.9 Å². The van der Waals surface area contributed by atoms with Crippen LogP contribution >= 0.6 is 0 Å². The van der Waals surface area contributed by atoms with Crippen LogP contribution in [0.25, 0.3) is 0 Å². The predicted octanol–water partition coefficient (Wildman–Crippen LogP) is 4.34. The van der Waals surface area contributed by atoms with Gasteiger partial charge in [0.1, 0.15) is 0 Å². The van der Waals surface area contributed by atoms with Crippen LogP contribution in [-0.2, 0) is 0 Å². The summed E-state index contributed by atoms with van der Waals surface area (Å²) in [5, 5.41) is 4.57. The Labute approximate surface area is 104 Å². The molecule has 1 aromatic carbocycles. The number of rotatable bonds is 2. The van der Waals surface area contributed by atoms with Gasteiger partial charge in [0, 0.05) is 5.71 Å². The molecular formula is C15H22N2. The van der Waals surface area contributed by atoms with Crippen molar-refractivity contribution in [1.82, 2.24) is 0 Å². The Morgan fingerprint density at radius 2 is 1.53 bits per heavy atom. The van der Waals surface area contributed by atoms with Gasteiger partial charge in [-0.3, -0.25) is 5.43 Å². The summed E-state index contributed by atoms with van der Waals surface area (Å²) in [4.78, 5) is 0. The molecule has 2 rings (SSSR count). The summed E-state index contributed by atoms with van der Waals surface area (Å²) in [6, 6.07) is 4.41. The SMILES string of the molecule is Cc1cc(C)c(NN=C2CCCCC2)c(C)c1. The summed E-state index contributed by atoms with van der Waals surface area (Å²) in [6.45, 7) is 6.42. The molecule has 92 valence electrons. The van der Waals surface area contributed by atoms with E-state index in [2.05, 4.69) is 43.4 Å². The third-order valence-electron chi connectivity index (χ3n) is 3.43. The fourth-order valence-corrected chi connectivity index (χ4v) is 2.56. The molecule has 0 spiro atoms. The number of hydrogen-bond donors (Lipinski definition) is 1. The smallest absolute Gasteiger partial charge is 0.0620 e. The van der Waals surface area contributed by atoms with Gasteiger partial charge in [-0.2, -0.15) is 5.10 Å². The average molecular weight is 230 g/mol. The number of aryl methyl sites for hydroxylation is 3. The lowest BCUT2D eigenvalue weighted by Crippen LogP contribution is -2.08. The lowest BCUT2D eigenvalue weighted by molar-refractivity contribution is 0.665. The quantitative estimate of drug-likeness (QED) is 0.751. The number of benzene rings is 1. The number of anilines is 1. The Hall–Kier alpha value is -1.31. The predicted molar refractivity (Wildman–Crippen MR) is 74.8 cm³/mol. The number of hydrazone groups is 1. The lowest BCUT2D eigenvalue weighted by Gasteiger charge is -2.15. The highest BCUT2D eigenvalue weighted by Crippen LogP contribution is 2.22. The zero-order chi connectivity index (χ0) is 12.3. The van der Waals surface area contributed by atoms with Crippen LogP contribution in [0.3, 0.4) is 0 Å². The molecule has 0 bridgehead atoms. The van der Waals surface area contributed by atoms with Crippen molar-refractivity contribution in [3.05, 3.63) is 28.8 Å².